The number of methoxy groups -OCH3 is 1. The fraction of sp³-hybridized carbons (Fsp3) is 0.360. The monoisotopic (exact) mass is 465 g/mol. The summed E-state index contributed by atoms with van der Waals surface area (Å²) in [5.74, 6) is -1.60. The van der Waals surface area contributed by atoms with Gasteiger partial charge in [-0.05, 0) is 48.6 Å². The topological polar surface area (TPSA) is 126 Å². The number of rotatable bonds is 8. The molecule has 1 fully saturated rings. The predicted molar refractivity (Wildman–Crippen MR) is 123 cm³/mol. The molecular weight excluding hydrogens is 438 g/mol. The zero-order chi connectivity index (χ0) is 24.3. The molecule has 0 aliphatic carbocycles. The lowest BCUT2D eigenvalue weighted by molar-refractivity contribution is -0.168. The Morgan fingerprint density at radius 2 is 1.71 bits per heavy atom. The predicted octanol–water partition coefficient (Wildman–Crippen LogP) is 3.61. The van der Waals surface area contributed by atoms with Gasteiger partial charge in [0.25, 0.3) is 5.89 Å². The quantitative estimate of drug-likeness (QED) is 0.480. The van der Waals surface area contributed by atoms with Crippen LogP contribution in [0.25, 0.3) is 22.8 Å². The standard InChI is InChI=1S/C25H27N3O6/c1-16-3-6-19(13-20(16)15-33-2)22-26-21(27-34-22)18-7-4-17(5-8-18)14-28-11-9-25(10-12-28,23(29)30)24(31)32/h3-8,13H,9-12,14-15H2,1-2H3,(H,29,30)(H,31,32). The maximum atomic E-state index is 11.5. The molecule has 1 aliphatic heterocycles. The summed E-state index contributed by atoms with van der Waals surface area (Å²) in [7, 11) is 1.66. The molecule has 0 saturated carbocycles. The summed E-state index contributed by atoms with van der Waals surface area (Å²) in [5, 5.41) is 22.9. The van der Waals surface area contributed by atoms with E-state index >= 15 is 0 Å². The van der Waals surface area contributed by atoms with Crippen LogP contribution >= 0.6 is 0 Å². The minimum absolute atomic E-state index is 0.0898. The van der Waals surface area contributed by atoms with Gasteiger partial charge >= 0.3 is 11.9 Å². The number of ether oxygens (including phenoxy) is 1. The van der Waals surface area contributed by atoms with Crippen LogP contribution in [0.4, 0.5) is 0 Å². The molecule has 0 unspecified atom stereocenters. The van der Waals surface area contributed by atoms with Gasteiger partial charge in [-0.15, -0.1) is 0 Å². The molecule has 0 spiro atoms. The Balaban J connectivity index is 1.41. The van der Waals surface area contributed by atoms with E-state index in [1.165, 1.54) is 0 Å². The van der Waals surface area contributed by atoms with Crippen LogP contribution in [0.15, 0.2) is 47.0 Å². The fourth-order valence-corrected chi connectivity index (χ4v) is 4.20. The minimum atomic E-state index is -1.68. The molecule has 1 aromatic heterocycles. The molecule has 0 bridgehead atoms. The van der Waals surface area contributed by atoms with Crippen LogP contribution in [0.3, 0.4) is 0 Å². The highest BCUT2D eigenvalue weighted by Gasteiger charge is 2.48. The molecule has 0 atom stereocenters. The van der Waals surface area contributed by atoms with Crippen LogP contribution in [0.1, 0.15) is 29.5 Å². The maximum absolute atomic E-state index is 11.5. The summed E-state index contributed by atoms with van der Waals surface area (Å²) >= 11 is 0. The van der Waals surface area contributed by atoms with Crippen molar-refractivity contribution in [1.29, 1.82) is 0 Å². The zero-order valence-corrected chi connectivity index (χ0v) is 19.2. The Morgan fingerprint density at radius 3 is 2.32 bits per heavy atom. The number of hydrogen-bond donors (Lipinski definition) is 2. The average Bonchev–Trinajstić information content (AvgIpc) is 3.32. The number of hydrogen-bond acceptors (Lipinski definition) is 7. The highest BCUT2D eigenvalue weighted by Crippen LogP contribution is 2.33. The third-order valence-corrected chi connectivity index (χ3v) is 6.47. The Labute approximate surface area is 197 Å². The highest BCUT2D eigenvalue weighted by atomic mass is 16.5. The van der Waals surface area contributed by atoms with Gasteiger partial charge < -0.3 is 19.5 Å². The van der Waals surface area contributed by atoms with Crippen molar-refractivity contribution in [2.24, 2.45) is 5.41 Å². The van der Waals surface area contributed by atoms with E-state index in [0.29, 0.717) is 38.0 Å². The van der Waals surface area contributed by atoms with Crippen LogP contribution < -0.4 is 0 Å². The van der Waals surface area contributed by atoms with E-state index < -0.39 is 17.4 Å². The summed E-state index contributed by atoms with van der Waals surface area (Å²) in [6, 6.07) is 13.7. The lowest BCUT2D eigenvalue weighted by atomic mass is 9.78. The van der Waals surface area contributed by atoms with Crippen molar-refractivity contribution >= 4 is 11.9 Å². The molecule has 4 rings (SSSR count). The molecule has 178 valence electrons. The van der Waals surface area contributed by atoms with Crippen molar-refractivity contribution in [3.63, 3.8) is 0 Å². The molecule has 9 nitrogen and oxygen atoms in total. The first-order valence-electron chi connectivity index (χ1n) is 11.0. The van der Waals surface area contributed by atoms with Gasteiger partial charge in [0.15, 0.2) is 5.41 Å². The van der Waals surface area contributed by atoms with Crippen LogP contribution in [0.2, 0.25) is 0 Å². The summed E-state index contributed by atoms with van der Waals surface area (Å²) in [4.78, 5) is 29.6. The third kappa shape index (κ3) is 4.71. The lowest BCUT2D eigenvalue weighted by Gasteiger charge is -2.36. The number of aliphatic carboxylic acids is 2. The van der Waals surface area contributed by atoms with E-state index in [-0.39, 0.29) is 12.8 Å². The molecule has 2 N–H and O–H groups in total. The number of nitrogens with zero attached hydrogens (tertiary/aromatic N) is 3. The molecule has 0 radical (unpaired) electrons. The largest absolute Gasteiger partial charge is 0.480 e. The number of likely N-dealkylation sites (tertiary alicyclic amines) is 1. The van der Waals surface area contributed by atoms with Gasteiger partial charge in [0.1, 0.15) is 0 Å². The SMILES string of the molecule is COCc1cc(-c2nc(-c3ccc(CN4CCC(C(=O)O)(C(=O)O)CC4)cc3)no2)ccc1C. The van der Waals surface area contributed by atoms with Gasteiger partial charge in [0.05, 0.1) is 6.61 Å². The molecule has 9 heteroatoms. The minimum Gasteiger partial charge on any atom is -0.480 e. The number of carbonyl (C=O) groups is 2. The van der Waals surface area contributed by atoms with Gasteiger partial charge in [-0.25, -0.2) is 0 Å². The summed E-state index contributed by atoms with van der Waals surface area (Å²) in [6.45, 7) is 3.97. The Bertz CT molecular complexity index is 1160. The fourth-order valence-electron chi connectivity index (χ4n) is 4.20. The molecule has 0 amide bonds. The Hall–Kier alpha value is -3.56. The molecule has 2 aromatic carbocycles. The number of carboxylic acid groups (broad SMARTS) is 2. The second-order valence-electron chi connectivity index (χ2n) is 8.66. The molecule has 2 heterocycles. The second kappa shape index (κ2) is 9.74. The maximum Gasteiger partial charge on any atom is 0.321 e. The molecule has 1 aliphatic rings. The summed E-state index contributed by atoms with van der Waals surface area (Å²) in [5.41, 5.74) is 3.19. The van der Waals surface area contributed by atoms with Crippen LogP contribution in [0.5, 0.6) is 0 Å². The third-order valence-electron chi connectivity index (χ3n) is 6.47. The first-order chi connectivity index (χ1) is 16.3. The van der Waals surface area contributed by atoms with Crippen molar-refractivity contribution in [2.75, 3.05) is 20.2 Å². The second-order valence-corrected chi connectivity index (χ2v) is 8.66. The molecule has 34 heavy (non-hydrogen) atoms. The van der Waals surface area contributed by atoms with E-state index in [1.807, 2.05) is 49.4 Å². The first-order valence-corrected chi connectivity index (χ1v) is 11.0. The van der Waals surface area contributed by atoms with Crippen LogP contribution in [-0.4, -0.2) is 57.4 Å². The lowest BCUT2D eigenvalue weighted by Crippen LogP contribution is -2.48. The Morgan fingerprint density at radius 1 is 1.06 bits per heavy atom. The highest BCUT2D eigenvalue weighted by molar-refractivity contribution is 5.98. The molecule has 3 aromatic rings. The molecule has 1 saturated heterocycles. The van der Waals surface area contributed by atoms with Crippen LogP contribution in [0, 0.1) is 12.3 Å². The molecular formula is C25H27N3O6. The normalized spacial score (nSPS) is 15.8. The van der Waals surface area contributed by atoms with Crippen LogP contribution in [-0.2, 0) is 27.5 Å². The van der Waals surface area contributed by atoms with Crippen molar-refractivity contribution in [1.82, 2.24) is 15.0 Å². The number of benzene rings is 2. The van der Waals surface area contributed by atoms with E-state index in [4.69, 9.17) is 9.26 Å². The van der Waals surface area contributed by atoms with Gasteiger partial charge in [-0.1, -0.05) is 35.5 Å². The van der Waals surface area contributed by atoms with Gasteiger partial charge in [-0.2, -0.15) is 4.98 Å². The van der Waals surface area contributed by atoms with E-state index in [2.05, 4.69) is 15.0 Å². The van der Waals surface area contributed by atoms with Crippen molar-refractivity contribution < 1.29 is 29.1 Å². The van der Waals surface area contributed by atoms with Gasteiger partial charge in [0.2, 0.25) is 5.82 Å². The van der Waals surface area contributed by atoms with Crippen molar-refractivity contribution in [3.05, 3.63) is 59.2 Å². The Kier molecular flexibility index (Phi) is 6.76. The first kappa shape index (κ1) is 23.6. The number of aryl methyl sites for hydroxylation is 1. The van der Waals surface area contributed by atoms with E-state index in [0.717, 1.165) is 27.8 Å². The summed E-state index contributed by atoms with van der Waals surface area (Å²) in [6.07, 6.45) is 0.180. The van der Waals surface area contributed by atoms with Gasteiger partial charge in [0, 0.05) is 37.9 Å². The van der Waals surface area contributed by atoms with E-state index in [1.54, 1.807) is 7.11 Å². The van der Waals surface area contributed by atoms with Crippen molar-refractivity contribution in [3.8, 4) is 22.8 Å². The number of carboxylic acids is 2. The van der Waals surface area contributed by atoms with E-state index in [9.17, 15) is 19.8 Å². The smallest absolute Gasteiger partial charge is 0.321 e. The van der Waals surface area contributed by atoms with Crippen molar-refractivity contribution in [2.45, 2.75) is 32.9 Å². The summed E-state index contributed by atoms with van der Waals surface area (Å²) < 4.78 is 10.7. The number of piperidine rings is 1. The average molecular weight is 466 g/mol. The zero-order valence-electron chi connectivity index (χ0n) is 19.2. The van der Waals surface area contributed by atoms with Gasteiger partial charge in [-0.3, -0.25) is 14.5 Å². The number of aromatic nitrogens is 2.